The fourth-order valence-corrected chi connectivity index (χ4v) is 5.17. The first kappa shape index (κ1) is 19.4. The Morgan fingerprint density at radius 1 is 1.17 bits per heavy atom. The van der Waals surface area contributed by atoms with Crippen molar-refractivity contribution >= 4 is 10.0 Å². The van der Waals surface area contributed by atoms with Crippen molar-refractivity contribution in [2.24, 2.45) is 0 Å². The Balaban J connectivity index is 2.10. The molecule has 24 heavy (non-hydrogen) atoms. The van der Waals surface area contributed by atoms with Crippen LogP contribution < -0.4 is 4.72 Å². The van der Waals surface area contributed by atoms with Crippen LogP contribution in [-0.2, 0) is 10.0 Å². The predicted molar refractivity (Wildman–Crippen MR) is 96.9 cm³/mol. The van der Waals surface area contributed by atoms with Crippen LogP contribution in [0.1, 0.15) is 41.5 Å². The van der Waals surface area contributed by atoms with E-state index in [0.717, 1.165) is 48.1 Å². The van der Waals surface area contributed by atoms with Crippen molar-refractivity contribution in [3.63, 3.8) is 0 Å². The van der Waals surface area contributed by atoms with Gasteiger partial charge >= 0.3 is 0 Å². The van der Waals surface area contributed by atoms with E-state index in [0.29, 0.717) is 18.0 Å². The molecule has 0 saturated carbocycles. The minimum Gasteiger partial charge on any atom is -0.395 e. The van der Waals surface area contributed by atoms with Gasteiger partial charge in [-0.2, -0.15) is 0 Å². The average molecular weight is 355 g/mol. The van der Waals surface area contributed by atoms with Crippen LogP contribution in [0.25, 0.3) is 0 Å². The summed E-state index contributed by atoms with van der Waals surface area (Å²) < 4.78 is 28.3. The van der Waals surface area contributed by atoms with Crippen molar-refractivity contribution in [1.29, 1.82) is 0 Å². The van der Waals surface area contributed by atoms with Crippen molar-refractivity contribution < 1.29 is 13.5 Å². The second kappa shape index (κ2) is 7.95. The second-order valence-corrected chi connectivity index (χ2v) is 8.56. The number of hydrogen-bond donors (Lipinski definition) is 2. The zero-order chi connectivity index (χ0) is 17.9. The first-order chi connectivity index (χ1) is 11.3. The highest BCUT2D eigenvalue weighted by Gasteiger charge is 2.24. The van der Waals surface area contributed by atoms with E-state index in [4.69, 9.17) is 0 Å². The van der Waals surface area contributed by atoms with E-state index in [-0.39, 0.29) is 12.6 Å². The molecule has 0 aliphatic carbocycles. The topological polar surface area (TPSA) is 69.6 Å². The SMILES string of the molecule is Cc1cc(C)c(C)c(S(=O)(=O)NCCN2CCCCC2CO)c1C. The molecule has 0 spiro atoms. The number of likely N-dealkylation sites (tertiary alicyclic amines) is 1. The van der Waals surface area contributed by atoms with Crippen LogP contribution in [0.4, 0.5) is 0 Å². The van der Waals surface area contributed by atoms with E-state index in [1.54, 1.807) is 0 Å². The minimum absolute atomic E-state index is 0.141. The van der Waals surface area contributed by atoms with Crippen LogP contribution >= 0.6 is 0 Å². The molecule has 1 atom stereocenters. The molecule has 1 aliphatic rings. The van der Waals surface area contributed by atoms with E-state index in [9.17, 15) is 13.5 Å². The first-order valence-electron chi connectivity index (χ1n) is 8.70. The summed E-state index contributed by atoms with van der Waals surface area (Å²) in [4.78, 5) is 2.60. The largest absolute Gasteiger partial charge is 0.395 e. The number of sulfonamides is 1. The van der Waals surface area contributed by atoms with Crippen molar-refractivity contribution in [3.05, 3.63) is 28.3 Å². The Hall–Kier alpha value is -0.950. The molecule has 5 nitrogen and oxygen atoms in total. The maximum atomic E-state index is 12.8. The maximum Gasteiger partial charge on any atom is 0.241 e. The van der Waals surface area contributed by atoms with Crippen molar-refractivity contribution in [1.82, 2.24) is 9.62 Å². The summed E-state index contributed by atoms with van der Waals surface area (Å²) >= 11 is 0. The molecule has 136 valence electrons. The third-order valence-electron chi connectivity index (χ3n) is 5.22. The molecule has 6 heteroatoms. The maximum absolute atomic E-state index is 12.8. The molecule has 1 fully saturated rings. The first-order valence-corrected chi connectivity index (χ1v) is 10.2. The van der Waals surface area contributed by atoms with Crippen LogP contribution in [0.15, 0.2) is 11.0 Å². The summed E-state index contributed by atoms with van der Waals surface area (Å²) in [5.41, 5.74) is 3.62. The number of aliphatic hydroxyl groups excluding tert-OH is 1. The molecule has 1 heterocycles. The number of benzene rings is 1. The van der Waals surface area contributed by atoms with Crippen LogP contribution in [-0.4, -0.2) is 50.7 Å². The van der Waals surface area contributed by atoms with Gasteiger partial charge in [-0.1, -0.05) is 12.5 Å². The number of piperidine rings is 1. The summed E-state index contributed by atoms with van der Waals surface area (Å²) in [6.45, 7) is 9.68. The highest BCUT2D eigenvalue weighted by atomic mass is 32.2. The van der Waals surface area contributed by atoms with Crippen LogP contribution in [0.2, 0.25) is 0 Å². The van der Waals surface area contributed by atoms with E-state index >= 15 is 0 Å². The molecular weight excluding hydrogens is 324 g/mol. The zero-order valence-electron chi connectivity index (χ0n) is 15.2. The molecule has 0 radical (unpaired) electrons. The van der Waals surface area contributed by atoms with Gasteiger partial charge in [-0.15, -0.1) is 0 Å². The predicted octanol–water partition coefficient (Wildman–Crippen LogP) is 2.05. The van der Waals surface area contributed by atoms with Gasteiger partial charge in [-0.25, -0.2) is 13.1 Å². The third-order valence-corrected chi connectivity index (χ3v) is 6.95. The van der Waals surface area contributed by atoms with Gasteiger partial charge in [0.2, 0.25) is 10.0 Å². The molecule has 1 aromatic carbocycles. The monoisotopic (exact) mass is 354 g/mol. The van der Waals surface area contributed by atoms with E-state index in [1.165, 1.54) is 0 Å². The smallest absolute Gasteiger partial charge is 0.241 e. The van der Waals surface area contributed by atoms with Gasteiger partial charge in [0.05, 0.1) is 11.5 Å². The van der Waals surface area contributed by atoms with Crippen molar-refractivity contribution in [2.45, 2.75) is 57.9 Å². The Bertz CT molecular complexity index is 660. The van der Waals surface area contributed by atoms with Gasteiger partial charge in [0.25, 0.3) is 0 Å². The van der Waals surface area contributed by atoms with Crippen molar-refractivity contribution in [3.8, 4) is 0 Å². The van der Waals surface area contributed by atoms with Crippen molar-refractivity contribution in [2.75, 3.05) is 26.2 Å². The molecule has 0 aromatic heterocycles. The zero-order valence-corrected chi connectivity index (χ0v) is 16.0. The summed E-state index contributed by atoms with van der Waals surface area (Å²) in [7, 11) is -3.53. The van der Waals surface area contributed by atoms with Crippen LogP contribution in [0.5, 0.6) is 0 Å². The number of aryl methyl sites for hydroxylation is 2. The number of hydrogen-bond acceptors (Lipinski definition) is 4. The quantitative estimate of drug-likeness (QED) is 0.820. The Kier molecular flexibility index (Phi) is 6.42. The van der Waals surface area contributed by atoms with Gasteiger partial charge in [0.15, 0.2) is 0 Å². The molecule has 0 amide bonds. The fourth-order valence-electron chi connectivity index (χ4n) is 3.54. The number of nitrogens with one attached hydrogen (secondary N) is 1. The lowest BCUT2D eigenvalue weighted by atomic mass is 10.0. The molecule has 2 rings (SSSR count). The Morgan fingerprint density at radius 2 is 1.79 bits per heavy atom. The third kappa shape index (κ3) is 4.17. The normalized spacial score (nSPS) is 19.6. The number of aliphatic hydroxyl groups is 1. The van der Waals surface area contributed by atoms with Crippen LogP contribution in [0.3, 0.4) is 0 Å². The summed E-state index contributed by atoms with van der Waals surface area (Å²) in [6, 6.07) is 2.19. The lowest BCUT2D eigenvalue weighted by Gasteiger charge is -2.34. The summed E-state index contributed by atoms with van der Waals surface area (Å²) in [6.07, 6.45) is 3.23. The van der Waals surface area contributed by atoms with Gasteiger partial charge in [-0.05, 0) is 69.3 Å². The second-order valence-electron chi connectivity index (χ2n) is 6.86. The Morgan fingerprint density at radius 3 is 2.38 bits per heavy atom. The van der Waals surface area contributed by atoms with E-state index in [1.807, 2.05) is 33.8 Å². The molecule has 0 bridgehead atoms. The molecular formula is C18H30N2O3S. The van der Waals surface area contributed by atoms with Gasteiger partial charge in [-0.3, -0.25) is 4.90 Å². The number of nitrogens with zero attached hydrogens (tertiary/aromatic N) is 1. The molecule has 1 unspecified atom stereocenters. The van der Waals surface area contributed by atoms with Crippen LogP contribution in [0, 0.1) is 27.7 Å². The fraction of sp³-hybridized carbons (Fsp3) is 0.667. The summed E-state index contributed by atoms with van der Waals surface area (Å²) in [5.74, 6) is 0. The molecule has 1 saturated heterocycles. The molecule has 2 N–H and O–H groups in total. The average Bonchev–Trinajstić information content (AvgIpc) is 2.53. The van der Waals surface area contributed by atoms with Gasteiger partial charge in [0, 0.05) is 19.1 Å². The standard InChI is InChI=1S/C18H30N2O3S/c1-13-11-14(2)16(4)18(15(13)3)24(22,23)19-8-10-20-9-6-5-7-17(20)12-21/h11,17,19,21H,5-10,12H2,1-4H3. The van der Waals surface area contributed by atoms with E-state index < -0.39 is 10.0 Å². The molecule has 1 aliphatic heterocycles. The lowest BCUT2D eigenvalue weighted by molar-refractivity contribution is 0.0923. The highest BCUT2D eigenvalue weighted by Crippen LogP contribution is 2.25. The number of rotatable bonds is 6. The van der Waals surface area contributed by atoms with Gasteiger partial charge in [0.1, 0.15) is 0 Å². The highest BCUT2D eigenvalue weighted by molar-refractivity contribution is 7.89. The lowest BCUT2D eigenvalue weighted by Crippen LogP contribution is -2.45. The van der Waals surface area contributed by atoms with E-state index in [2.05, 4.69) is 9.62 Å². The minimum atomic E-state index is -3.53. The molecule has 1 aromatic rings. The van der Waals surface area contributed by atoms with Gasteiger partial charge < -0.3 is 5.11 Å². The Labute approximate surface area is 146 Å². The summed E-state index contributed by atoms with van der Waals surface area (Å²) in [5, 5.41) is 9.45.